The fourth-order valence-electron chi connectivity index (χ4n) is 2.58. The van der Waals surface area contributed by atoms with Crippen LogP contribution in [0, 0.1) is 11.3 Å². The van der Waals surface area contributed by atoms with E-state index in [1.807, 2.05) is 20.8 Å². The van der Waals surface area contributed by atoms with Crippen LogP contribution in [0.15, 0.2) is 0 Å². The van der Waals surface area contributed by atoms with Crippen molar-refractivity contribution in [2.45, 2.75) is 65.3 Å². The summed E-state index contributed by atoms with van der Waals surface area (Å²) >= 11 is 0. The zero-order valence-electron chi connectivity index (χ0n) is 11.7. The van der Waals surface area contributed by atoms with Crippen LogP contribution in [0.3, 0.4) is 0 Å². The van der Waals surface area contributed by atoms with Crippen LogP contribution in [0.4, 0.5) is 0 Å². The number of hydrogen-bond acceptors (Lipinski definition) is 2. The quantitative estimate of drug-likeness (QED) is 0.793. The molecule has 0 unspecified atom stereocenters. The molecule has 0 spiro atoms. The van der Waals surface area contributed by atoms with Crippen LogP contribution in [0.25, 0.3) is 0 Å². The highest BCUT2D eigenvalue weighted by atomic mass is 16.4. The van der Waals surface area contributed by atoms with Gasteiger partial charge < -0.3 is 10.4 Å². The van der Waals surface area contributed by atoms with Crippen molar-refractivity contribution in [2.75, 3.05) is 0 Å². The molecule has 4 heteroatoms. The number of carboxylic acids is 1. The van der Waals surface area contributed by atoms with Crippen LogP contribution in [0.2, 0.25) is 0 Å². The highest BCUT2D eigenvalue weighted by molar-refractivity contribution is 5.87. The van der Waals surface area contributed by atoms with E-state index in [0.717, 1.165) is 25.7 Å². The van der Waals surface area contributed by atoms with E-state index >= 15 is 0 Å². The van der Waals surface area contributed by atoms with E-state index in [1.165, 1.54) is 6.42 Å². The van der Waals surface area contributed by atoms with Crippen LogP contribution < -0.4 is 5.32 Å². The van der Waals surface area contributed by atoms with Gasteiger partial charge >= 0.3 is 5.97 Å². The number of rotatable bonds is 5. The van der Waals surface area contributed by atoms with Crippen molar-refractivity contribution >= 4 is 11.9 Å². The molecule has 18 heavy (non-hydrogen) atoms. The SMILES string of the molecule is CC(C)C[C@@H](NC(=O)C1(C)CCCCC1)C(=O)O. The van der Waals surface area contributed by atoms with Crippen molar-refractivity contribution in [3.63, 3.8) is 0 Å². The first-order valence-corrected chi connectivity index (χ1v) is 6.89. The van der Waals surface area contributed by atoms with Crippen molar-refractivity contribution in [3.8, 4) is 0 Å². The molecular formula is C14H25NO3. The van der Waals surface area contributed by atoms with Crippen molar-refractivity contribution in [2.24, 2.45) is 11.3 Å². The molecule has 1 aliphatic carbocycles. The summed E-state index contributed by atoms with van der Waals surface area (Å²) in [6.45, 7) is 5.88. The van der Waals surface area contributed by atoms with Gasteiger partial charge in [-0.15, -0.1) is 0 Å². The predicted molar refractivity (Wildman–Crippen MR) is 70.2 cm³/mol. The second kappa shape index (κ2) is 6.21. The Morgan fingerprint density at radius 3 is 2.22 bits per heavy atom. The Balaban J connectivity index is 2.62. The minimum absolute atomic E-state index is 0.0877. The summed E-state index contributed by atoms with van der Waals surface area (Å²) in [5.74, 6) is -0.766. The molecule has 104 valence electrons. The van der Waals surface area contributed by atoms with Crippen LogP contribution in [0.5, 0.6) is 0 Å². The third kappa shape index (κ3) is 4.00. The lowest BCUT2D eigenvalue weighted by atomic mass is 9.75. The summed E-state index contributed by atoms with van der Waals surface area (Å²) in [6.07, 6.45) is 5.52. The lowest BCUT2D eigenvalue weighted by molar-refractivity contribution is -0.144. The third-order valence-corrected chi connectivity index (χ3v) is 3.82. The van der Waals surface area contributed by atoms with Crippen LogP contribution >= 0.6 is 0 Å². The molecule has 1 amide bonds. The summed E-state index contributed by atoms with van der Waals surface area (Å²) in [7, 11) is 0. The molecule has 0 radical (unpaired) electrons. The summed E-state index contributed by atoms with van der Waals surface area (Å²) < 4.78 is 0. The second-order valence-corrected chi connectivity index (χ2v) is 6.12. The number of carbonyl (C=O) groups is 2. The first-order valence-electron chi connectivity index (χ1n) is 6.89. The normalized spacial score (nSPS) is 20.4. The molecule has 1 saturated carbocycles. The molecule has 0 aliphatic heterocycles. The molecule has 1 aliphatic rings. The van der Waals surface area contributed by atoms with E-state index in [1.54, 1.807) is 0 Å². The maximum Gasteiger partial charge on any atom is 0.326 e. The van der Waals surface area contributed by atoms with E-state index in [9.17, 15) is 9.59 Å². The molecule has 0 aromatic heterocycles. The fourth-order valence-corrected chi connectivity index (χ4v) is 2.58. The fraction of sp³-hybridized carbons (Fsp3) is 0.857. The summed E-state index contributed by atoms with van der Waals surface area (Å²) in [5, 5.41) is 11.9. The van der Waals surface area contributed by atoms with Gasteiger partial charge in [-0.2, -0.15) is 0 Å². The number of amides is 1. The monoisotopic (exact) mass is 255 g/mol. The lowest BCUT2D eigenvalue weighted by Crippen LogP contribution is -2.48. The average Bonchev–Trinajstić information content (AvgIpc) is 2.28. The van der Waals surface area contributed by atoms with Gasteiger partial charge in [0.05, 0.1) is 0 Å². The maximum atomic E-state index is 12.2. The topological polar surface area (TPSA) is 66.4 Å². The Bertz CT molecular complexity index is 306. The molecule has 1 rings (SSSR count). The lowest BCUT2D eigenvalue weighted by Gasteiger charge is -2.33. The molecule has 0 saturated heterocycles. The van der Waals surface area contributed by atoms with E-state index in [0.29, 0.717) is 6.42 Å². The van der Waals surface area contributed by atoms with Gasteiger partial charge in [0.25, 0.3) is 0 Å². The Morgan fingerprint density at radius 2 is 1.78 bits per heavy atom. The van der Waals surface area contributed by atoms with Crippen molar-refractivity contribution in [1.82, 2.24) is 5.32 Å². The zero-order chi connectivity index (χ0) is 13.8. The highest BCUT2D eigenvalue weighted by Gasteiger charge is 2.36. The van der Waals surface area contributed by atoms with Crippen LogP contribution in [-0.4, -0.2) is 23.0 Å². The molecule has 0 aromatic carbocycles. The Hall–Kier alpha value is -1.06. The van der Waals surface area contributed by atoms with Gasteiger partial charge in [0.1, 0.15) is 6.04 Å². The Labute approximate surface area is 109 Å². The number of aliphatic carboxylic acids is 1. The summed E-state index contributed by atoms with van der Waals surface area (Å²) in [5.41, 5.74) is -0.372. The molecule has 0 bridgehead atoms. The van der Waals surface area contributed by atoms with E-state index < -0.39 is 12.0 Å². The zero-order valence-corrected chi connectivity index (χ0v) is 11.7. The van der Waals surface area contributed by atoms with Gasteiger partial charge in [0, 0.05) is 5.41 Å². The van der Waals surface area contributed by atoms with Crippen LogP contribution in [0.1, 0.15) is 59.3 Å². The van der Waals surface area contributed by atoms with Gasteiger partial charge in [0.15, 0.2) is 0 Å². The number of nitrogens with one attached hydrogen (secondary N) is 1. The first-order chi connectivity index (χ1) is 8.35. The number of hydrogen-bond donors (Lipinski definition) is 2. The molecule has 0 aromatic rings. The maximum absolute atomic E-state index is 12.2. The largest absolute Gasteiger partial charge is 0.480 e. The first kappa shape index (κ1) is 15.0. The molecule has 1 atom stereocenters. The van der Waals surface area contributed by atoms with Gasteiger partial charge in [0.2, 0.25) is 5.91 Å². The molecule has 4 nitrogen and oxygen atoms in total. The predicted octanol–water partition coefficient (Wildman–Crippen LogP) is 2.57. The number of carboxylic acid groups (broad SMARTS) is 1. The highest BCUT2D eigenvalue weighted by Crippen LogP contribution is 2.36. The third-order valence-electron chi connectivity index (χ3n) is 3.82. The standard InChI is InChI=1S/C14H25NO3/c1-10(2)9-11(12(16)17)15-13(18)14(3)7-5-4-6-8-14/h10-11H,4-9H2,1-3H3,(H,15,18)(H,16,17)/t11-/m1/s1. The Kier molecular flexibility index (Phi) is 5.17. The minimum atomic E-state index is -0.934. The van der Waals surface area contributed by atoms with Crippen molar-refractivity contribution < 1.29 is 14.7 Å². The van der Waals surface area contributed by atoms with Gasteiger partial charge in [-0.25, -0.2) is 4.79 Å². The molecule has 0 heterocycles. The molecule has 1 fully saturated rings. The summed E-state index contributed by atoms with van der Waals surface area (Å²) in [6, 6.07) is -0.753. The van der Waals surface area contributed by atoms with E-state index in [4.69, 9.17) is 5.11 Å². The Morgan fingerprint density at radius 1 is 1.22 bits per heavy atom. The number of carbonyl (C=O) groups excluding carboxylic acids is 1. The van der Waals surface area contributed by atoms with Crippen molar-refractivity contribution in [1.29, 1.82) is 0 Å². The minimum Gasteiger partial charge on any atom is -0.480 e. The molecular weight excluding hydrogens is 230 g/mol. The average molecular weight is 255 g/mol. The van der Waals surface area contributed by atoms with E-state index in [-0.39, 0.29) is 17.2 Å². The van der Waals surface area contributed by atoms with E-state index in [2.05, 4.69) is 5.32 Å². The smallest absolute Gasteiger partial charge is 0.326 e. The molecule has 2 N–H and O–H groups in total. The van der Waals surface area contributed by atoms with Gasteiger partial charge in [-0.1, -0.05) is 40.0 Å². The summed E-state index contributed by atoms with van der Waals surface area (Å²) in [4.78, 5) is 23.4. The second-order valence-electron chi connectivity index (χ2n) is 6.12. The van der Waals surface area contributed by atoms with Gasteiger partial charge in [-0.3, -0.25) is 4.79 Å². The van der Waals surface area contributed by atoms with Gasteiger partial charge in [-0.05, 0) is 25.2 Å². The van der Waals surface area contributed by atoms with Crippen LogP contribution in [-0.2, 0) is 9.59 Å². The van der Waals surface area contributed by atoms with Crippen molar-refractivity contribution in [3.05, 3.63) is 0 Å².